The molecule has 3 rings (SSSR count). The Kier molecular flexibility index (Phi) is 6.25. The first-order valence-corrected chi connectivity index (χ1v) is 10.6. The van der Waals surface area contributed by atoms with Crippen molar-refractivity contribution in [2.75, 3.05) is 5.32 Å². The summed E-state index contributed by atoms with van der Waals surface area (Å²) in [6.45, 7) is 3.17. The molecule has 0 bridgehead atoms. The summed E-state index contributed by atoms with van der Waals surface area (Å²) in [6, 6.07) is 11.7. The van der Waals surface area contributed by atoms with Crippen LogP contribution in [-0.4, -0.2) is 34.7 Å². The van der Waals surface area contributed by atoms with E-state index in [-0.39, 0.29) is 22.5 Å². The Labute approximate surface area is 177 Å². The molecule has 0 unspecified atom stereocenters. The summed E-state index contributed by atoms with van der Waals surface area (Å²) in [5, 5.41) is 20.2. The molecule has 2 aromatic carbocycles. The van der Waals surface area contributed by atoms with E-state index in [4.69, 9.17) is 4.42 Å². The lowest BCUT2D eigenvalue weighted by atomic mass is 10.2. The van der Waals surface area contributed by atoms with E-state index >= 15 is 0 Å². The van der Waals surface area contributed by atoms with Gasteiger partial charge in [-0.15, -0.1) is 5.10 Å². The second-order valence-corrected chi connectivity index (χ2v) is 9.21. The maximum Gasteiger partial charge on any atom is 0.322 e. The fraction of sp³-hybridized carbons (Fsp3) is 0.150. The molecule has 3 aromatic rings. The van der Waals surface area contributed by atoms with Crippen LogP contribution in [0.15, 0.2) is 63.9 Å². The smallest absolute Gasteiger partial charge is 0.322 e. The molecule has 1 amide bonds. The minimum absolute atomic E-state index is 0.0405. The highest BCUT2D eigenvalue weighted by atomic mass is 32.2. The Bertz CT molecular complexity index is 1260. The summed E-state index contributed by atoms with van der Waals surface area (Å²) in [5.74, 6) is -0.545. The van der Waals surface area contributed by atoms with Crippen LogP contribution in [0.25, 0.3) is 17.5 Å². The number of anilines is 1. The number of aromatic nitrogens is 2. The quantitative estimate of drug-likeness (QED) is 0.332. The number of hydrogen-bond donors (Lipinski definition) is 1. The van der Waals surface area contributed by atoms with E-state index in [2.05, 4.69) is 15.5 Å². The van der Waals surface area contributed by atoms with Gasteiger partial charge in [0.2, 0.25) is 5.89 Å². The lowest BCUT2D eigenvalue weighted by Crippen LogP contribution is -2.13. The van der Waals surface area contributed by atoms with Crippen LogP contribution in [0.2, 0.25) is 0 Å². The third-order valence-corrected chi connectivity index (χ3v) is 6.35. The van der Waals surface area contributed by atoms with Crippen molar-refractivity contribution >= 4 is 33.5 Å². The van der Waals surface area contributed by atoms with Crippen LogP contribution in [0, 0.1) is 10.1 Å². The van der Waals surface area contributed by atoms with E-state index in [1.165, 1.54) is 42.5 Å². The topological polar surface area (TPSA) is 145 Å². The number of hydrogen-bond acceptors (Lipinski definition) is 8. The number of carbonyl (C=O) groups is 1. The SMILES string of the molecule is CC(C)S(=O)(=O)c1cccc(-c2nnc(NC(=O)/C=C/c3cccc([N+](=O)[O-])c3)o2)c1. The molecule has 0 fully saturated rings. The van der Waals surface area contributed by atoms with Gasteiger partial charge in [0.15, 0.2) is 9.84 Å². The molecule has 0 spiro atoms. The van der Waals surface area contributed by atoms with Gasteiger partial charge in [0.25, 0.3) is 11.6 Å². The molecule has 0 aliphatic carbocycles. The molecule has 1 N–H and O–H groups in total. The zero-order valence-corrected chi connectivity index (χ0v) is 17.4. The highest BCUT2D eigenvalue weighted by Gasteiger charge is 2.20. The van der Waals surface area contributed by atoms with Crippen molar-refractivity contribution in [3.8, 4) is 11.5 Å². The Morgan fingerprint density at radius 1 is 1.16 bits per heavy atom. The van der Waals surface area contributed by atoms with E-state index in [1.54, 1.807) is 32.0 Å². The number of nitrogens with one attached hydrogen (secondary N) is 1. The van der Waals surface area contributed by atoms with Crippen molar-refractivity contribution in [2.45, 2.75) is 24.0 Å². The van der Waals surface area contributed by atoms with Gasteiger partial charge >= 0.3 is 6.01 Å². The molecule has 0 aliphatic heterocycles. The summed E-state index contributed by atoms with van der Waals surface area (Å²) in [4.78, 5) is 22.5. The van der Waals surface area contributed by atoms with Gasteiger partial charge in [0, 0.05) is 23.8 Å². The summed E-state index contributed by atoms with van der Waals surface area (Å²) in [6.07, 6.45) is 2.57. The fourth-order valence-electron chi connectivity index (χ4n) is 2.53. The molecular weight excluding hydrogens is 424 g/mol. The highest BCUT2D eigenvalue weighted by molar-refractivity contribution is 7.92. The number of rotatable bonds is 7. The molecule has 0 saturated heterocycles. The van der Waals surface area contributed by atoms with Gasteiger partial charge in [-0.05, 0) is 43.7 Å². The Morgan fingerprint density at radius 3 is 2.61 bits per heavy atom. The van der Waals surface area contributed by atoms with Gasteiger partial charge in [-0.1, -0.05) is 23.3 Å². The number of sulfone groups is 1. The van der Waals surface area contributed by atoms with Crippen LogP contribution in [0.1, 0.15) is 19.4 Å². The van der Waals surface area contributed by atoms with Crippen molar-refractivity contribution in [1.82, 2.24) is 10.2 Å². The molecule has 160 valence electrons. The third kappa shape index (κ3) is 5.20. The number of amides is 1. The maximum absolute atomic E-state index is 12.3. The summed E-state index contributed by atoms with van der Waals surface area (Å²) in [7, 11) is -3.47. The summed E-state index contributed by atoms with van der Waals surface area (Å²) >= 11 is 0. The van der Waals surface area contributed by atoms with Crippen molar-refractivity contribution in [1.29, 1.82) is 0 Å². The normalized spacial score (nSPS) is 11.7. The number of nitro benzene ring substituents is 1. The van der Waals surface area contributed by atoms with Gasteiger partial charge < -0.3 is 4.42 Å². The van der Waals surface area contributed by atoms with E-state index in [9.17, 15) is 23.3 Å². The molecule has 0 aliphatic rings. The number of carbonyl (C=O) groups excluding carboxylic acids is 1. The van der Waals surface area contributed by atoms with E-state index in [0.29, 0.717) is 11.1 Å². The lowest BCUT2D eigenvalue weighted by molar-refractivity contribution is -0.384. The average molecular weight is 442 g/mol. The maximum atomic E-state index is 12.3. The second kappa shape index (κ2) is 8.88. The Balaban J connectivity index is 1.72. The van der Waals surface area contributed by atoms with Gasteiger partial charge in [-0.25, -0.2) is 8.42 Å². The lowest BCUT2D eigenvalue weighted by Gasteiger charge is -2.08. The summed E-state index contributed by atoms with van der Waals surface area (Å²) < 4.78 is 30.1. The minimum Gasteiger partial charge on any atom is -0.403 e. The van der Waals surface area contributed by atoms with Gasteiger partial charge in [0.05, 0.1) is 15.1 Å². The molecule has 0 atom stereocenters. The first-order chi connectivity index (χ1) is 14.7. The van der Waals surface area contributed by atoms with Crippen molar-refractivity contribution in [3.63, 3.8) is 0 Å². The van der Waals surface area contributed by atoms with Crippen LogP contribution in [0.5, 0.6) is 0 Å². The zero-order chi connectivity index (χ0) is 22.6. The van der Waals surface area contributed by atoms with Gasteiger partial charge in [-0.3, -0.25) is 20.2 Å². The second-order valence-electron chi connectivity index (χ2n) is 6.71. The predicted molar refractivity (Wildman–Crippen MR) is 113 cm³/mol. The van der Waals surface area contributed by atoms with E-state index < -0.39 is 25.9 Å². The van der Waals surface area contributed by atoms with Gasteiger partial charge in [-0.2, -0.15) is 0 Å². The number of non-ortho nitro benzene ring substituents is 1. The zero-order valence-electron chi connectivity index (χ0n) is 16.6. The van der Waals surface area contributed by atoms with E-state index in [1.807, 2.05) is 0 Å². The number of nitrogens with zero attached hydrogens (tertiary/aromatic N) is 3. The fourth-order valence-corrected chi connectivity index (χ4v) is 3.63. The molecule has 0 radical (unpaired) electrons. The first-order valence-electron chi connectivity index (χ1n) is 9.08. The monoisotopic (exact) mass is 442 g/mol. The van der Waals surface area contributed by atoms with Crippen LogP contribution in [-0.2, 0) is 14.6 Å². The number of benzene rings is 2. The van der Waals surface area contributed by atoms with Crippen molar-refractivity contribution in [3.05, 3.63) is 70.3 Å². The Hall–Kier alpha value is -3.86. The van der Waals surface area contributed by atoms with Crippen LogP contribution >= 0.6 is 0 Å². The minimum atomic E-state index is -3.47. The molecule has 0 saturated carbocycles. The third-order valence-electron chi connectivity index (χ3n) is 4.19. The predicted octanol–water partition coefficient (Wildman–Crippen LogP) is 3.48. The van der Waals surface area contributed by atoms with Crippen molar-refractivity contribution in [2.24, 2.45) is 0 Å². The van der Waals surface area contributed by atoms with Crippen LogP contribution in [0.3, 0.4) is 0 Å². The van der Waals surface area contributed by atoms with E-state index in [0.717, 1.165) is 0 Å². The van der Waals surface area contributed by atoms with Crippen LogP contribution in [0.4, 0.5) is 11.7 Å². The molecule has 31 heavy (non-hydrogen) atoms. The standard InChI is InChI=1S/C20H18N4O6S/c1-13(2)31(28,29)17-8-4-6-15(12-17)19-22-23-20(30-19)21-18(25)10-9-14-5-3-7-16(11-14)24(26)27/h3-13H,1-2H3,(H,21,23,25)/b10-9+. The number of nitro groups is 1. The van der Waals surface area contributed by atoms with Crippen LogP contribution < -0.4 is 5.32 Å². The Morgan fingerprint density at radius 2 is 1.90 bits per heavy atom. The first kappa shape index (κ1) is 21.8. The summed E-state index contributed by atoms with van der Waals surface area (Å²) in [5.41, 5.74) is 0.770. The molecule has 10 nitrogen and oxygen atoms in total. The molecule has 1 heterocycles. The highest BCUT2D eigenvalue weighted by Crippen LogP contribution is 2.24. The molecule has 11 heteroatoms. The van der Waals surface area contributed by atoms with Gasteiger partial charge in [0.1, 0.15) is 0 Å². The average Bonchev–Trinajstić information content (AvgIpc) is 3.21. The molecular formula is C20H18N4O6S. The van der Waals surface area contributed by atoms with Crippen molar-refractivity contribution < 1.29 is 22.6 Å². The largest absolute Gasteiger partial charge is 0.403 e. The molecule has 1 aromatic heterocycles.